The Balaban J connectivity index is 1.50. The molecule has 2 aliphatic rings. The molecular weight excluding hydrogens is 456 g/mol. The van der Waals surface area contributed by atoms with Crippen LogP contribution in [0.2, 0.25) is 0 Å². The van der Waals surface area contributed by atoms with Gasteiger partial charge >= 0.3 is 5.97 Å². The molecule has 0 aromatic heterocycles. The highest BCUT2D eigenvalue weighted by Gasteiger charge is 2.35. The lowest BCUT2D eigenvalue weighted by atomic mass is 9.98. The van der Waals surface area contributed by atoms with Gasteiger partial charge in [0.25, 0.3) is 5.91 Å². The van der Waals surface area contributed by atoms with E-state index in [0.717, 1.165) is 11.1 Å². The second-order valence-electron chi connectivity index (χ2n) is 8.59. The van der Waals surface area contributed by atoms with Crippen LogP contribution < -0.4 is 0 Å². The number of amides is 1. The smallest absolute Gasteiger partial charge is 0.309 e. The number of rotatable bonds is 6. The average molecular weight is 487 g/mol. The van der Waals surface area contributed by atoms with Crippen LogP contribution in [0.4, 0.5) is 0 Å². The SMILES string of the molecule is Cc1ccc(S(=O)(=O)N2CCC(C(=O)OCC(=O)N(C)[C@H]3CCS(=O)(=O)C3)CC2)cc1C. The number of aryl methyl sites for hydroxylation is 2. The first kappa shape index (κ1) is 24.7. The van der Waals surface area contributed by atoms with Crippen LogP contribution in [0.15, 0.2) is 23.1 Å². The summed E-state index contributed by atoms with van der Waals surface area (Å²) >= 11 is 0. The van der Waals surface area contributed by atoms with Crippen molar-refractivity contribution in [3.05, 3.63) is 29.3 Å². The Morgan fingerprint density at radius 3 is 2.34 bits per heavy atom. The minimum Gasteiger partial charge on any atom is -0.455 e. The molecule has 2 heterocycles. The van der Waals surface area contributed by atoms with Crippen molar-refractivity contribution in [1.82, 2.24) is 9.21 Å². The molecule has 1 atom stereocenters. The quantitative estimate of drug-likeness (QED) is 0.548. The Kier molecular flexibility index (Phi) is 7.31. The maximum Gasteiger partial charge on any atom is 0.309 e. The molecule has 1 aromatic rings. The topological polar surface area (TPSA) is 118 Å². The monoisotopic (exact) mass is 486 g/mol. The number of nitrogens with zero attached hydrogens (tertiary/aromatic N) is 2. The van der Waals surface area contributed by atoms with Gasteiger partial charge in [-0.1, -0.05) is 6.07 Å². The summed E-state index contributed by atoms with van der Waals surface area (Å²) in [4.78, 5) is 26.3. The van der Waals surface area contributed by atoms with Gasteiger partial charge in [0.2, 0.25) is 10.0 Å². The van der Waals surface area contributed by atoms with Gasteiger partial charge in [0, 0.05) is 26.2 Å². The number of ether oxygens (including phenoxy) is 1. The Bertz CT molecular complexity index is 1090. The summed E-state index contributed by atoms with van der Waals surface area (Å²) in [7, 11) is -5.24. The van der Waals surface area contributed by atoms with Crippen LogP contribution in [-0.2, 0) is 34.2 Å². The molecule has 0 spiro atoms. The van der Waals surface area contributed by atoms with E-state index in [-0.39, 0.29) is 29.5 Å². The van der Waals surface area contributed by atoms with Crippen LogP contribution in [0.3, 0.4) is 0 Å². The summed E-state index contributed by atoms with van der Waals surface area (Å²) < 4.78 is 55.5. The van der Waals surface area contributed by atoms with Gasteiger partial charge in [0.15, 0.2) is 16.4 Å². The zero-order valence-electron chi connectivity index (χ0n) is 18.6. The molecule has 0 saturated carbocycles. The number of hydrogen-bond acceptors (Lipinski definition) is 7. The molecule has 1 aromatic carbocycles. The average Bonchev–Trinajstić information content (AvgIpc) is 3.12. The lowest BCUT2D eigenvalue weighted by Crippen LogP contribution is -2.42. The van der Waals surface area contributed by atoms with Gasteiger partial charge in [0.05, 0.1) is 22.3 Å². The summed E-state index contributed by atoms with van der Waals surface area (Å²) in [5.41, 5.74) is 1.91. The van der Waals surface area contributed by atoms with Crippen LogP contribution >= 0.6 is 0 Å². The van der Waals surface area contributed by atoms with E-state index in [9.17, 15) is 26.4 Å². The van der Waals surface area contributed by atoms with E-state index >= 15 is 0 Å². The van der Waals surface area contributed by atoms with E-state index in [1.807, 2.05) is 13.8 Å². The van der Waals surface area contributed by atoms with Gasteiger partial charge in [0.1, 0.15) is 0 Å². The Morgan fingerprint density at radius 1 is 1.12 bits per heavy atom. The Labute approximate surface area is 189 Å². The largest absolute Gasteiger partial charge is 0.455 e. The molecule has 0 radical (unpaired) electrons. The van der Waals surface area contributed by atoms with Crippen molar-refractivity contribution in [3.63, 3.8) is 0 Å². The zero-order chi connectivity index (χ0) is 23.7. The summed E-state index contributed by atoms with van der Waals surface area (Å²) in [6.45, 7) is 3.72. The minimum atomic E-state index is -3.64. The number of sulfonamides is 1. The third-order valence-corrected chi connectivity index (χ3v) is 10.0. The second-order valence-corrected chi connectivity index (χ2v) is 12.8. The number of sulfone groups is 1. The summed E-state index contributed by atoms with van der Waals surface area (Å²) in [6.07, 6.45) is 1.01. The van der Waals surface area contributed by atoms with Crippen molar-refractivity contribution in [1.29, 1.82) is 0 Å². The summed E-state index contributed by atoms with van der Waals surface area (Å²) in [6, 6.07) is 4.63. The summed E-state index contributed by atoms with van der Waals surface area (Å²) in [5.74, 6) is -1.48. The third-order valence-electron chi connectivity index (χ3n) is 6.39. The van der Waals surface area contributed by atoms with Crippen LogP contribution in [0.25, 0.3) is 0 Å². The zero-order valence-corrected chi connectivity index (χ0v) is 20.2. The van der Waals surface area contributed by atoms with Crippen LogP contribution in [0, 0.1) is 19.8 Å². The molecule has 0 bridgehead atoms. The molecule has 11 heteroatoms. The second kappa shape index (κ2) is 9.48. The first-order chi connectivity index (χ1) is 14.9. The van der Waals surface area contributed by atoms with Gasteiger partial charge in [-0.15, -0.1) is 0 Å². The van der Waals surface area contributed by atoms with E-state index < -0.39 is 50.3 Å². The third kappa shape index (κ3) is 5.49. The van der Waals surface area contributed by atoms with Crippen molar-refractivity contribution < 1.29 is 31.2 Å². The molecule has 2 aliphatic heterocycles. The molecule has 32 heavy (non-hydrogen) atoms. The number of benzene rings is 1. The molecule has 178 valence electrons. The fourth-order valence-electron chi connectivity index (χ4n) is 3.99. The maximum absolute atomic E-state index is 12.9. The van der Waals surface area contributed by atoms with E-state index in [0.29, 0.717) is 19.3 Å². The van der Waals surface area contributed by atoms with E-state index in [4.69, 9.17) is 4.74 Å². The molecule has 0 N–H and O–H groups in total. The minimum absolute atomic E-state index is 0.0543. The lowest BCUT2D eigenvalue weighted by molar-refractivity contribution is -0.156. The van der Waals surface area contributed by atoms with Gasteiger partial charge in [-0.05, 0) is 56.4 Å². The van der Waals surface area contributed by atoms with Gasteiger partial charge in [-0.25, -0.2) is 16.8 Å². The molecule has 3 rings (SSSR count). The van der Waals surface area contributed by atoms with Crippen LogP contribution in [0.1, 0.15) is 30.4 Å². The Morgan fingerprint density at radius 2 is 1.78 bits per heavy atom. The van der Waals surface area contributed by atoms with E-state index in [2.05, 4.69) is 0 Å². The van der Waals surface area contributed by atoms with Gasteiger partial charge in [-0.2, -0.15) is 4.31 Å². The van der Waals surface area contributed by atoms with E-state index in [1.54, 1.807) is 18.2 Å². The van der Waals surface area contributed by atoms with Crippen molar-refractivity contribution in [2.45, 2.75) is 44.0 Å². The predicted octanol–water partition coefficient (Wildman–Crippen LogP) is 0.893. The number of likely N-dealkylation sites (N-methyl/N-ethyl adjacent to an activating group) is 1. The van der Waals surface area contributed by atoms with Crippen molar-refractivity contribution in [3.8, 4) is 0 Å². The highest BCUT2D eigenvalue weighted by atomic mass is 32.2. The lowest BCUT2D eigenvalue weighted by Gasteiger charge is -2.30. The fraction of sp³-hybridized carbons (Fsp3) is 0.619. The molecule has 0 aliphatic carbocycles. The number of carbonyl (C=O) groups excluding carboxylic acids is 2. The number of piperidine rings is 1. The Hall–Kier alpha value is -1.98. The standard InChI is InChI=1S/C21H30N2O7S2/c1-15-4-5-19(12-16(15)2)32(28,29)23-9-6-17(7-10-23)21(25)30-13-20(24)22(3)18-8-11-31(26,27)14-18/h4-5,12,17-18H,6-11,13-14H2,1-3H3/t18-/m0/s1. The molecule has 0 unspecified atom stereocenters. The van der Waals surface area contributed by atoms with Gasteiger partial charge in [-0.3, -0.25) is 9.59 Å². The molecule has 1 amide bonds. The van der Waals surface area contributed by atoms with Crippen LogP contribution in [0.5, 0.6) is 0 Å². The fourth-order valence-corrected chi connectivity index (χ4v) is 7.32. The van der Waals surface area contributed by atoms with Gasteiger partial charge < -0.3 is 9.64 Å². The predicted molar refractivity (Wildman–Crippen MR) is 118 cm³/mol. The first-order valence-corrected chi connectivity index (χ1v) is 13.9. The number of carbonyl (C=O) groups is 2. The van der Waals surface area contributed by atoms with Crippen molar-refractivity contribution in [2.75, 3.05) is 38.2 Å². The molecular formula is C21H30N2O7S2. The number of esters is 1. The molecule has 2 fully saturated rings. The van der Waals surface area contributed by atoms with Crippen molar-refractivity contribution >= 4 is 31.7 Å². The number of hydrogen-bond donors (Lipinski definition) is 0. The highest BCUT2D eigenvalue weighted by molar-refractivity contribution is 7.91. The normalized spacial score (nSPS) is 21.9. The summed E-state index contributed by atoms with van der Waals surface area (Å²) in [5, 5.41) is 0. The van der Waals surface area contributed by atoms with Crippen molar-refractivity contribution in [2.24, 2.45) is 5.92 Å². The molecule has 9 nitrogen and oxygen atoms in total. The highest BCUT2D eigenvalue weighted by Crippen LogP contribution is 2.26. The van der Waals surface area contributed by atoms with Crippen LogP contribution in [-0.4, -0.2) is 82.2 Å². The van der Waals surface area contributed by atoms with E-state index in [1.165, 1.54) is 16.3 Å². The first-order valence-electron chi connectivity index (χ1n) is 10.6. The maximum atomic E-state index is 12.9. The molecule has 2 saturated heterocycles.